The van der Waals surface area contributed by atoms with E-state index in [9.17, 15) is 4.79 Å². The highest BCUT2D eigenvalue weighted by atomic mass is 32.1. The Morgan fingerprint density at radius 3 is 2.81 bits per heavy atom. The quantitative estimate of drug-likeness (QED) is 0.840. The number of thiophene rings is 1. The molecule has 0 bridgehead atoms. The Hall–Kier alpha value is -1.35. The van der Waals surface area contributed by atoms with E-state index in [1.807, 2.05) is 17.9 Å². The van der Waals surface area contributed by atoms with Gasteiger partial charge in [-0.05, 0) is 38.6 Å². The lowest BCUT2D eigenvalue weighted by molar-refractivity contribution is 0.0786. The van der Waals surface area contributed by atoms with E-state index in [-0.39, 0.29) is 5.91 Å². The minimum Gasteiger partial charge on any atom is -0.336 e. The molecule has 1 fully saturated rings. The molecule has 0 spiro atoms. The summed E-state index contributed by atoms with van der Waals surface area (Å²) in [6.07, 6.45) is 0. The molecule has 1 aromatic heterocycles. The molecule has 114 valence electrons. The van der Waals surface area contributed by atoms with Crippen molar-refractivity contribution >= 4 is 17.2 Å². The third-order valence-electron chi connectivity index (χ3n) is 3.96. The van der Waals surface area contributed by atoms with Gasteiger partial charge in [0.05, 0.1) is 16.3 Å². The van der Waals surface area contributed by atoms with Gasteiger partial charge in [-0.2, -0.15) is 0 Å². The number of carbonyl (C=O) groups excluding carboxylic acids is 1. The summed E-state index contributed by atoms with van der Waals surface area (Å²) in [5.41, 5.74) is 6.46. The van der Waals surface area contributed by atoms with Crippen LogP contribution in [0.15, 0.2) is 6.07 Å². The van der Waals surface area contributed by atoms with E-state index in [1.54, 1.807) is 0 Å². The Balaban J connectivity index is 2.14. The van der Waals surface area contributed by atoms with Crippen LogP contribution in [0.2, 0.25) is 0 Å². The monoisotopic (exact) mass is 305 g/mol. The number of nitrogens with two attached hydrogens (primary N) is 1. The summed E-state index contributed by atoms with van der Waals surface area (Å²) in [4.78, 5) is 18.5. The Morgan fingerprint density at radius 2 is 2.24 bits per heavy atom. The van der Waals surface area contributed by atoms with Crippen LogP contribution in [0, 0.1) is 24.7 Å². The van der Waals surface area contributed by atoms with Crippen molar-refractivity contribution in [3.63, 3.8) is 0 Å². The maximum atomic E-state index is 12.6. The van der Waals surface area contributed by atoms with Crippen LogP contribution in [0.1, 0.15) is 27.0 Å². The SMILES string of the molecule is Cc1cc(C(=O)N2CC(C)C(N(C)C)C2)sc1C#CCN. The van der Waals surface area contributed by atoms with E-state index in [4.69, 9.17) is 5.73 Å². The third-order valence-corrected chi connectivity index (χ3v) is 5.10. The summed E-state index contributed by atoms with van der Waals surface area (Å²) in [5, 5.41) is 0. The second kappa shape index (κ2) is 6.61. The number of rotatable bonds is 2. The van der Waals surface area contributed by atoms with E-state index in [1.165, 1.54) is 11.3 Å². The molecule has 4 nitrogen and oxygen atoms in total. The molecule has 1 saturated heterocycles. The molecule has 5 heteroatoms. The van der Waals surface area contributed by atoms with E-state index >= 15 is 0 Å². The highest BCUT2D eigenvalue weighted by molar-refractivity contribution is 7.14. The van der Waals surface area contributed by atoms with Crippen molar-refractivity contribution in [2.24, 2.45) is 11.7 Å². The van der Waals surface area contributed by atoms with Gasteiger partial charge in [0.25, 0.3) is 5.91 Å². The fourth-order valence-electron chi connectivity index (χ4n) is 2.79. The van der Waals surface area contributed by atoms with Crippen molar-refractivity contribution in [2.75, 3.05) is 33.7 Å². The summed E-state index contributed by atoms with van der Waals surface area (Å²) < 4.78 is 0. The molecule has 0 saturated carbocycles. The number of hydrogen-bond acceptors (Lipinski definition) is 4. The predicted molar refractivity (Wildman–Crippen MR) is 87.5 cm³/mol. The number of aryl methyl sites for hydroxylation is 1. The second-order valence-electron chi connectivity index (χ2n) is 5.85. The highest BCUT2D eigenvalue weighted by Gasteiger charge is 2.34. The number of amides is 1. The van der Waals surface area contributed by atoms with Gasteiger partial charge in [-0.25, -0.2) is 0 Å². The van der Waals surface area contributed by atoms with Crippen LogP contribution >= 0.6 is 11.3 Å². The summed E-state index contributed by atoms with van der Waals surface area (Å²) >= 11 is 1.47. The molecule has 0 aliphatic carbocycles. The van der Waals surface area contributed by atoms with Crippen LogP contribution in [0.3, 0.4) is 0 Å². The Bertz CT molecular complexity index is 582. The summed E-state index contributed by atoms with van der Waals surface area (Å²) in [6, 6.07) is 2.38. The number of hydrogen-bond donors (Lipinski definition) is 1. The van der Waals surface area contributed by atoms with Crippen LogP contribution in [0.4, 0.5) is 0 Å². The van der Waals surface area contributed by atoms with Crippen molar-refractivity contribution in [1.29, 1.82) is 0 Å². The van der Waals surface area contributed by atoms with Gasteiger partial charge < -0.3 is 15.5 Å². The molecule has 2 heterocycles. The fourth-order valence-corrected chi connectivity index (χ4v) is 3.80. The summed E-state index contributed by atoms with van der Waals surface area (Å²) in [5.74, 6) is 6.52. The van der Waals surface area contributed by atoms with Gasteiger partial charge in [0.15, 0.2) is 0 Å². The molecule has 1 aromatic rings. The van der Waals surface area contributed by atoms with Gasteiger partial charge in [-0.1, -0.05) is 18.8 Å². The first-order valence-corrected chi connectivity index (χ1v) is 8.00. The molecule has 21 heavy (non-hydrogen) atoms. The highest BCUT2D eigenvalue weighted by Crippen LogP contribution is 2.26. The van der Waals surface area contributed by atoms with Crippen molar-refractivity contribution in [3.05, 3.63) is 21.4 Å². The van der Waals surface area contributed by atoms with Crippen LogP contribution in [-0.2, 0) is 0 Å². The Kier molecular flexibility index (Phi) is 5.04. The first kappa shape index (κ1) is 16.0. The van der Waals surface area contributed by atoms with Crippen molar-refractivity contribution in [2.45, 2.75) is 19.9 Å². The molecule has 2 atom stereocenters. The van der Waals surface area contributed by atoms with Gasteiger partial charge in [0, 0.05) is 19.1 Å². The second-order valence-corrected chi connectivity index (χ2v) is 6.90. The average Bonchev–Trinajstić information content (AvgIpc) is 2.99. The smallest absolute Gasteiger partial charge is 0.264 e. The Morgan fingerprint density at radius 1 is 1.52 bits per heavy atom. The van der Waals surface area contributed by atoms with Crippen molar-refractivity contribution in [1.82, 2.24) is 9.80 Å². The minimum absolute atomic E-state index is 0.125. The lowest BCUT2D eigenvalue weighted by atomic mass is 10.1. The predicted octanol–water partition coefficient (Wildman–Crippen LogP) is 1.39. The third kappa shape index (κ3) is 3.46. The fraction of sp³-hybridized carbons (Fsp3) is 0.562. The topological polar surface area (TPSA) is 49.6 Å². The molecule has 0 radical (unpaired) electrons. The number of nitrogens with zero attached hydrogens (tertiary/aromatic N) is 2. The first-order chi connectivity index (χ1) is 9.93. The zero-order chi connectivity index (χ0) is 15.6. The van der Waals surface area contributed by atoms with E-state index < -0.39 is 0 Å². The van der Waals surface area contributed by atoms with Crippen LogP contribution < -0.4 is 5.73 Å². The normalized spacial score (nSPS) is 21.5. The standard InChI is InChI=1S/C16H23N3OS/c1-11-8-15(21-14(11)6-5-7-17)16(20)19-9-12(2)13(10-19)18(3)4/h8,12-13H,7,9-10,17H2,1-4H3. The first-order valence-electron chi connectivity index (χ1n) is 7.19. The summed E-state index contributed by atoms with van der Waals surface area (Å²) in [6.45, 7) is 6.16. The van der Waals surface area contributed by atoms with Gasteiger partial charge in [-0.15, -0.1) is 11.3 Å². The molecule has 2 N–H and O–H groups in total. The molecule has 1 aliphatic heterocycles. The zero-order valence-electron chi connectivity index (χ0n) is 13.1. The lowest BCUT2D eigenvalue weighted by Crippen LogP contribution is -2.35. The van der Waals surface area contributed by atoms with E-state index in [0.717, 1.165) is 28.4 Å². The van der Waals surface area contributed by atoms with Gasteiger partial charge in [0.2, 0.25) is 0 Å². The molecule has 2 rings (SSSR count). The molecule has 2 unspecified atom stereocenters. The van der Waals surface area contributed by atoms with E-state index in [0.29, 0.717) is 18.5 Å². The number of likely N-dealkylation sites (N-methyl/N-ethyl adjacent to an activating group) is 1. The zero-order valence-corrected chi connectivity index (χ0v) is 14.0. The van der Waals surface area contributed by atoms with Gasteiger partial charge in [0.1, 0.15) is 0 Å². The van der Waals surface area contributed by atoms with E-state index in [2.05, 4.69) is 37.8 Å². The number of likely N-dealkylation sites (tertiary alicyclic amines) is 1. The largest absolute Gasteiger partial charge is 0.336 e. The number of carbonyl (C=O) groups is 1. The van der Waals surface area contributed by atoms with Crippen LogP contribution in [0.5, 0.6) is 0 Å². The maximum absolute atomic E-state index is 12.6. The van der Waals surface area contributed by atoms with Crippen LogP contribution in [0.25, 0.3) is 0 Å². The maximum Gasteiger partial charge on any atom is 0.264 e. The van der Waals surface area contributed by atoms with Gasteiger partial charge >= 0.3 is 0 Å². The molecule has 1 aliphatic rings. The van der Waals surface area contributed by atoms with Crippen molar-refractivity contribution < 1.29 is 4.79 Å². The molecular weight excluding hydrogens is 282 g/mol. The Labute approximate surface area is 130 Å². The lowest BCUT2D eigenvalue weighted by Gasteiger charge is -2.22. The summed E-state index contributed by atoms with van der Waals surface area (Å²) in [7, 11) is 4.15. The van der Waals surface area contributed by atoms with Crippen molar-refractivity contribution in [3.8, 4) is 11.8 Å². The molecule has 1 amide bonds. The average molecular weight is 305 g/mol. The molecular formula is C16H23N3OS. The van der Waals surface area contributed by atoms with Crippen LogP contribution in [-0.4, -0.2) is 55.5 Å². The minimum atomic E-state index is 0.125. The van der Waals surface area contributed by atoms with Gasteiger partial charge in [-0.3, -0.25) is 4.79 Å². The molecule has 0 aromatic carbocycles.